The Morgan fingerprint density at radius 3 is 2.59 bits per heavy atom. The molecule has 7 heteroatoms. The molecular weight excluding hydrogens is 406 g/mol. The van der Waals surface area contributed by atoms with E-state index in [9.17, 15) is 14.9 Å². The van der Waals surface area contributed by atoms with Crippen LogP contribution in [0.4, 0.5) is 5.69 Å². The van der Waals surface area contributed by atoms with Crippen molar-refractivity contribution < 1.29 is 19.1 Å². The molecule has 3 N–H and O–H groups in total. The number of hydrogen-bond acceptors (Lipinski definition) is 7. The van der Waals surface area contributed by atoms with Crippen molar-refractivity contribution in [1.29, 1.82) is 5.26 Å². The average Bonchev–Trinajstić information content (AvgIpc) is 3.13. The largest absolute Gasteiger partial charge is 0.457 e. The maximum absolute atomic E-state index is 13.5. The highest BCUT2D eigenvalue weighted by molar-refractivity contribution is 6.08. The number of allylic oxidation sites excluding steroid dienone is 1. The van der Waals surface area contributed by atoms with Gasteiger partial charge in [-0.1, -0.05) is 48.5 Å². The summed E-state index contributed by atoms with van der Waals surface area (Å²) in [5.41, 5.74) is 6.27. The van der Waals surface area contributed by atoms with E-state index >= 15 is 0 Å². The quantitative estimate of drug-likeness (QED) is 0.440. The number of carbonyl (C=O) groups is 2. The number of carbonyl (C=O) groups excluding carboxylic acids is 2. The molecule has 2 aliphatic rings. The third-order valence-electron chi connectivity index (χ3n) is 5.67. The van der Waals surface area contributed by atoms with E-state index in [1.807, 2.05) is 36.4 Å². The molecule has 2 heterocycles. The van der Waals surface area contributed by atoms with Gasteiger partial charge in [0.05, 0.1) is 5.57 Å². The molecule has 4 rings (SSSR count). The molecule has 2 aromatic rings. The zero-order chi connectivity index (χ0) is 22.9. The van der Waals surface area contributed by atoms with E-state index in [0.29, 0.717) is 11.3 Å². The van der Waals surface area contributed by atoms with Crippen molar-refractivity contribution in [2.75, 3.05) is 5.32 Å². The van der Waals surface area contributed by atoms with Crippen molar-refractivity contribution in [2.45, 2.75) is 25.0 Å². The van der Waals surface area contributed by atoms with Crippen LogP contribution in [0.2, 0.25) is 0 Å². The smallest absolute Gasteiger partial charge is 0.339 e. The summed E-state index contributed by atoms with van der Waals surface area (Å²) in [6.07, 6.45) is 5.46. The third-order valence-corrected chi connectivity index (χ3v) is 5.67. The number of terminal acetylenes is 1. The lowest BCUT2D eigenvalue weighted by Crippen LogP contribution is -2.51. The summed E-state index contributed by atoms with van der Waals surface area (Å²) in [7, 11) is 0. The number of ether oxygens (including phenoxy) is 2. The number of benzene rings is 2. The summed E-state index contributed by atoms with van der Waals surface area (Å²) >= 11 is 0. The maximum atomic E-state index is 13.5. The van der Waals surface area contributed by atoms with Crippen LogP contribution in [-0.4, -0.2) is 17.8 Å². The molecule has 2 aromatic carbocycles. The molecule has 0 radical (unpaired) electrons. The second-order valence-corrected chi connectivity index (χ2v) is 7.39. The van der Waals surface area contributed by atoms with Gasteiger partial charge in [0.1, 0.15) is 35.5 Å². The predicted octanol–water partition coefficient (Wildman–Crippen LogP) is 2.66. The Bertz CT molecular complexity index is 1260. The Balaban J connectivity index is 1.91. The Morgan fingerprint density at radius 2 is 1.91 bits per heavy atom. The normalized spacial score (nSPS) is 21.2. The van der Waals surface area contributed by atoms with Crippen LogP contribution < -0.4 is 11.1 Å². The van der Waals surface area contributed by atoms with Gasteiger partial charge in [-0.25, -0.2) is 4.79 Å². The van der Waals surface area contributed by atoms with Gasteiger partial charge < -0.3 is 20.5 Å². The number of nitriles is 1. The van der Waals surface area contributed by atoms with Gasteiger partial charge in [-0.05, 0) is 30.0 Å². The van der Waals surface area contributed by atoms with Gasteiger partial charge in [-0.15, -0.1) is 6.42 Å². The highest BCUT2D eigenvalue weighted by Crippen LogP contribution is 2.54. The van der Waals surface area contributed by atoms with Crippen LogP contribution in [0.5, 0.6) is 0 Å². The van der Waals surface area contributed by atoms with Crippen molar-refractivity contribution >= 4 is 17.4 Å². The van der Waals surface area contributed by atoms with E-state index in [0.717, 1.165) is 5.56 Å². The standard InChI is InChI=1S/C25H19N3O4/c1-3-20(29)22-25(17-11-7-8-12-19(17)28-22)18(13-26)23(27)32-15(2)21(25)24(30)31-14-16-9-5-4-6-10-16/h1,4-12,22,28H,14,27H2,2H3. The van der Waals surface area contributed by atoms with Crippen molar-refractivity contribution in [3.63, 3.8) is 0 Å². The zero-order valence-electron chi connectivity index (χ0n) is 17.2. The Kier molecular flexibility index (Phi) is 5.18. The van der Waals surface area contributed by atoms with Crippen LogP contribution in [0.1, 0.15) is 18.1 Å². The van der Waals surface area contributed by atoms with E-state index in [1.54, 1.807) is 31.2 Å². The summed E-state index contributed by atoms with van der Waals surface area (Å²) in [5, 5.41) is 13.1. The molecule has 1 spiro atoms. The van der Waals surface area contributed by atoms with E-state index < -0.39 is 23.2 Å². The SMILES string of the molecule is C#CC(=O)C1Nc2ccccc2C12C(C#N)=C(N)OC(C)=C2C(=O)OCc1ccccc1. The van der Waals surface area contributed by atoms with Crippen LogP contribution in [0.25, 0.3) is 0 Å². The number of rotatable bonds is 4. The van der Waals surface area contributed by atoms with Gasteiger partial charge in [0.25, 0.3) is 0 Å². The van der Waals surface area contributed by atoms with E-state index in [-0.39, 0.29) is 29.4 Å². The first-order chi connectivity index (χ1) is 15.4. The Hall–Kier alpha value is -4.49. The van der Waals surface area contributed by atoms with Gasteiger partial charge in [0.2, 0.25) is 11.7 Å². The average molecular weight is 425 g/mol. The second kappa shape index (κ2) is 7.98. The molecule has 0 fully saturated rings. The number of esters is 1. The highest BCUT2D eigenvalue weighted by Gasteiger charge is 2.61. The van der Waals surface area contributed by atoms with Crippen LogP contribution in [-0.2, 0) is 31.1 Å². The lowest BCUT2D eigenvalue weighted by Gasteiger charge is -2.38. The number of fused-ring (bicyclic) bond motifs is 2. The van der Waals surface area contributed by atoms with Gasteiger partial charge in [-0.2, -0.15) is 5.26 Å². The van der Waals surface area contributed by atoms with Crippen LogP contribution >= 0.6 is 0 Å². The fourth-order valence-electron chi connectivity index (χ4n) is 4.38. The number of anilines is 1. The molecule has 0 aromatic heterocycles. The van der Waals surface area contributed by atoms with Gasteiger partial charge in [0, 0.05) is 5.69 Å². The van der Waals surface area contributed by atoms with Crippen LogP contribution in [0.3, 0.4) is 0 Å². The van der Waals surface area contributed by atoms with Crippen molar-refractivity contribution in [3.8, 4) is 18.4 Å². The Morgan fingerprint density at radius 1 is 1.22 bits per heavy atom. The number of ketones is 1. The maximum Gasteiger partial charge on any atom is 0.339 e. The van der Waals surface area contributed by atoms with Crippen molar-refractivity contribution in [1.82, 2.24) is 0 Å². The number of nitrogens with two attached hydrogens (primary N) is 1. The predicted molar refractivity (Wildman–Crippen MR) is 116 cm³/mol. The van der Waals surface area contributed by atoms with Gasteiger partial charge in [-0.3, -0.25) is 4.79 Å². The molecular formula is C25H19N3O4. The summed E-state index contributed by atoms with van der Waals surface area (Å²) in [6, 6.07) is 17.0. The van der Waals surface area contributed by atoms with Crippen molar-refractivity contribution in [2.24, 2.45) is 5.73 Å². The van der Waals surface area contributed by atoms with E-state index in [4.69, 9.17) is 21.6 Å². The molecule has 7 nitrogen and oxygen atoms in total. The zero-order valence-corrected chi connectivity index (χ0v) is 17.2. The third kappa shape index (κ3) is 3.00. The summed E-state index contributed by atoms with van der Waals surface area (Å²) in [4.78, 5) is 26.3. The minimum Gasteiger partial charge on any atom is -0.457 e. The topological polar surface area (TPSA) is 114 Å². The molecule has 2 unspecified atom stereocenters. The molecule has 0 aliphatic carbocycles. The molecule has 158 valence electrons. The number of Topliss-reactive ketones (excluding diaryl/α,β-unsaturated/α-hetero) is 1. The molecule has 2 aliphatic heterocycles. The van der Waals surface area contributed by atoms with Crippen molar-refractivity contribution in [3.05, 3.63) is 88.5 Å². The molecule has 0 amide bonds. The molecule has 0 bridgehead atoms. The van der Waals surface area contributed by atoms with E-state index in [1.165, 1.54) is 0 Å². The first-order valence-corrected chi connectivity index (χ1v) is 9.82. The molecule has 0 saturated carbocycles. The number of nitrogens with zero attached hydrogens (tertiary/aromatic N) is 1. The van der Waals surface area contributed by atoms with Crippen LogP contribution in [0.15, 0.2) is 77.4 Å². The monoisotopic (exact) mass is 425 g/mol. The Labute approximate surface area is 185 Å². The number of hydrogen-bond donors (Lipinski definition) is 2. The molecule has 32 heavy (non-hydrogen) atoms. The van der Waals surface area contributed by atoms with Gasteiger partial charge in [0.15, 0.2) is 0 Å². The second-order valence-electron chi connectivity index (χ2n) is 7.39. The fraction of sp³-hybridized carbons (Fsp3) is 0.160. The lowest BCUT2D eigenvalue weighted by atomic mass is 9.63. The highest BCUT2D eigenvalue weighted by atomic mass is 16.5. The van der Waals surface area contributed by atoms with Gasteiger partial charge >= 0.3 is 5.97 Å². The summed E-state index contributed by atoms with van der Waals surface area (Å²) in [6.45, 7) is 1.54. The first-order valence-electron chi connectivity index (χ1n) is 9.82. The lowest BCUT2D eigenvalue weighted by molar-refractivity contribution is -0.141. The summed E-state index contributed by atoms with van der Waals surface area (Å²) < 4.78 is 11.2. The number of para-hydroxylation sites is 1. The molecule has 0 saturated heterocycles. The minimum absolute atomic E-state index is 0.00353. The number of nitrogens with one attached hydrogen (secondary N) is 1. The molecule has 2 atom stereocenters. The minimum atomic E-state index is -1.59. The first kappa shape index (κ1) is 20.8. The summed E-state index contributed by atoms with van der Waals surface area (Å²) in [5.74, 6) is 0.681. The van der Waals surface area contributed by atoms with E-state index in [2.05, 4.69) is 11.2 Å². The fourth-order valence-corrected chi connectivity index (χ4v) is 4.38. The van der Waals surface area contributed by atoms with Crippen LogP contribution in [0, 0.1) is 23.7 Å².